The lowest BCUT2D eigenvalue weighted by atomic mass is 9.88. The van der Waals surface area contributed by atoms with Crippen molar-refractivity contribution in [2.45, 2.75) is 26.2 Å². The molecular formula is C58H47N4OP. The smallest absolute Gasteiger partial charge is 0.137 e. The van der Waals surface area contributed by atoms with Crippen molar-refractivity contribution in [3.05, 3.63) is 212 Å². The van der Waals surface area contributed by atoms with E-state index in [9.17, 15) is 0 Å². The topological polar surface area (TPSA) is 42.3 Å². The lowest BCUT2D eigenvalue weighted by molar-refractivity contribution is 0.484. The number of nitrogens with one attached hydrogen (secondary N) is 1. The zero-order chi connectivity index (χ0) is 43.4. The molecule has 3 heterocycles. The van der Waals surface area contributed by atoms with Crippen LogP contribution in [0, 0.1) is 0 Å². The Morgan fingerprint density at radius 2 is 1.20 bits per heavy atom. The molecule has 0 saturated carbocycles. The maximum absolute atomic E-state index is 6.94. The van der Waals surface area contributed by atoms with Gasteiger partial charge in [-0.2, -0.15) is 0 Å². The minimum atomic E-state index is -0.799. The van der Waals surface area contributed by atoms with E-state index in [4.69, 9.17) is 9.72 Å². The number of hydrogen-bond acceptors (Lipinski definition) is 4. The van der Waals surface area contributed by atoms with Crippen LogP contribution in [0.5, 0.6) is 11.5 Å². The zero-order valence-corrected chi connectivity index (χ0v) is 37.2. The second-order valence-corrected chi connectivity index (χ2v) is 19.6. The van der Waals surface area contributed by atoms with Crippen LogP contribution in [0.4, 0.5) is 22.7 Å². The molecule has 1 atom stereocenters. The summed E-state index contributed by atoms with van der Waals surface area (Å²) >= 11 is 0. The summed E-state index contributed by atoms with van der Waals surface area (Å²) in [5.41, 5.74) is 12.3. The minimum absolute atomic E-state index is 0.0214. The van der Waals surface area contributed by atoms with Crippen molar-refractivity contribution in [3.8, 4) is 44.9 Å². The summed E-state index contributed by atoms with van der Waals surface area (Å²) in [6.07, 6.45) is 1.94. The first kappa shape index (κ1) is 39.3. The summed E-state index contributed by atoms with van der Waals surface area (Å²) in [7, 11) is 1.36. The molecule has 5 nitrogen and oxygen atoms in total. The highest BCUT2D eigenvalue weighted by Crippen LogP contribution is 2.59. The summed E-state index contributed by atoms with van der Waals surface area (Å²) in [5.74, 6) is 2.46. The lowest BCUT2D eigenvalue weighted by Gasteiger charge is -2.28. The van der Waals surface area contributed by atoms with Crippen LogP contribution < -0.4 is 15.0 Å². The van der Waals surface area contributed by atoms with Crippen molar-refractivity contribution in [1.29, 1.82) is 0 Å². The minimum Gasteiger partial charge on any atom is -0.457 e. The Balaban J connectivity index is 0.993. The van der Waals surface area contributed by atoms with Crippen LogP contribution in [0.2, 0.25) is 0 Å². The summed E-state index contributed by atoms with van der Waals surface area (Å²) in [4.78, 5) is 7.29. The fourth-order valence-electron chi connectivity index (χ4n) is 9.31. The molecule has 1 unspecified atom stereocenters. The summed E-state index contributed by atoms with van der Waals surface area (Å²) < 4.78 is 9.28. The van der Waals surface area contributed by atoms with E-state index in [0.717, 1.165) is 45.6 Å². The van der Waals surface area contributed by atoms with Crippen molar-refractivity contribution in [1.82, 2.24) is 9.55 Å². The number of aromatic nitrogens is 2. The van der Waals surface area contributed by atoms with Gasteiger partial charge in [-0.15, -0.1) is 0 Å². The number of para-hydroxylation sites is 3. The van der Waals surface area contributed by atoms with E-state index in [0.29, 0.717) is 0 Å². The highest BCUT2D eigenvalue weighted by molar-refractivity contribution is 7.68. The van der Waals surface area contributed by atoms with Gasteiger partial charge in [-0.3, -0.25) is 4.57 Å². The summed E-state index contributed by atoms with van der Waals surface area (Å²) in [6, 6.07) is 71.2. The van der Waals surface area contributed by atoms with Crippen molar-refractivity contribution in [2.24, 2.45) is 0 Å². The van der Waals surface area contributed by atoms with E-state index in [2.05, 4.69) is 237 Å². The van der Waals surface area contributed by atoms with Gasteiger partial charge in [0.2, 0.25) is 0 Å². The normalized spacial score (nSPS) is 12.0. The lowest BCUT2D eigenvalue weighted by Crippen LogP contribution is -2.14. The van der Waals surface area contributed by atoms with Crippen LogP contribution in [0.3, 0.4) is 0 Å². The molecule has 0 fully saturated rings. The third-order valence-corrected chi connectivity index (χ3v) is 14.8. The van der Waals surface area contributed by atoms with Crippen LogP contribution in [0.25, 0.3) is 65.4 Å². The van der Waals surface area contributed by atoms with Gasteiger partial charge >= 0.3 is 0 Å². The van der Waals surface area contributed by atoms with Crippen LogP contribution in [0.1, 0.15) is 26.3 Å². The Hall–Kier alpha value is -7.59. The quantitative estimate of drug-likeness (QED) is 0.149. The first-order valence-corrected chi connectivity index (χ1v) is 23.2. The number of anilines is 4. The van der Waals surface area contributed by atoms with E-state index < -0.39 is 7.53 Å². The van der Waals surface area contributed by atoms with Gasteiger partial charge in [0.1, 0.15) is 17.3 Å². The molecule has 310 valence electrons. The molecule has 8 aromatic carbocycles. The van der Waals surface area contributed by atoms with Crippen molar-refractivity contribution >= 4 is 62.3 Å². The van der Waals surface area contributed by atoms with Gasteiger partial charge in [-0.25, -0.2) is 4.98 Å². The molecule has 0 saturated heterocycles. The number of hydrogen-bond donors (Lipinski definition) is 1. The maximum Gasteiger partial charge on any atom is 0.137 e. The van der Waals surface area contributed by atoms with Gasteiger partial charge in [0.05, 0.1) is 28.1 Å². The standard InChI is InChI=1S/C58H47N4OP/c1-58(2,3)41-33-34-59-54(35-41)62-50-31-18-32-52-55(50)56-51(62)37-44(38-53(56)64(52)45-25-12-7-13-26-45)63-43-24-16-23-42(36-43)60-48-29-14-15-30-49(48)61(4)57-46(39-19-8-5-9-20-39)27-17-28-47(57)40-21-10-6-11-22-40/h5-38,60H,1-4H3. The largest absolute Gasteiger partial charge is 0.457 e. The molecule has 1 N–H and O–H groups in total. The van der Waals surface area contributed by atoms with E-state index in [-0.39, 0.29) is 5.41 Å². The molecule has 0 aliphatic rings. The van der Waals surface area contributed by atoms with Gasteiger partial charge in [0.15, 0.2) is 0 Å². The molecule has 0 radical (unpaired) electrons. The molecule has 0 aliphatic heterocycles. The van der Waals surface area contributed by atoms with Gasteiger partial charge < -0.3 is 15.0 Å². The Labute approximate surface area is 375 Å². The fraction of sp³-hybridized carbons (Fsp3) is 0.0862. The zero-order valence-electron chi connectivity index (χ0n) is 36.3. The highest BCUT2D eigenvalue weighted by Gasteiger charge is 2.26. The number of ether oxygens (including phenoxy) is 1. The first-order valence-electron chi connectivity index (χ1n) is 21.8. The summed E-state index contributed by atoms with van der Waals surface area (Å²) in [5, 5.41) is 10.4. The Bertz CT molecular complexity index is 3380. The second kappa shape index (κ2) is 16.0. The SMILES string of the molecule is CN(c1ccccc1Nc1cccc(Oc2cc3c4c5c(cccc5p(-c5ccccc5)c4c2)n3-c2cc(C(C)(C)C)ccn2)c1)c1c(-c2ccccc2)cccc1-c1ccccc1. The van der Waals surface area contributed by atoms with Crippen molar-refractivity contribution < 1.29 is 4.74 Å². The Morgan fingerprint density at radius 1 is 0.562 bits per heavy atom. The number of pyridine rings is 1. The van der Waals surface area contributed by atoms with Crippen LogP contribution in [-0.2, 0) is 5.41 Å². The van der Waals surface area contributed by atoms with Gasteiger partial charge in [-0.1, -0.05) is 162 Å². The van der Waals surface area contributed by atoms with Crippen LogP contribution in [0.15, 0.2) is 206 Å². The van der Waals surface area contributed by atoms with Crippen molar-refractivity contribution in [2.75, 3.05) is 17.3 Å². The third-order valence-electron chi connectivity index (χ3n) is 12.3. The second-order valence-electron chi connectivity index (χ2n) is 17.4. The van der Waals surface area contributed by atoms with E-state index in [1.807, 2.05) is 12.3 Å². The third kappa shape index (κ3) is 6.95. The van der Waals surface area contributed by atoms with Gasteiger partial charge in [0, 0.05) is 63.2 Å². The molecule has 64 heavy (non-hydrogen) atoms. The van der Waals surface area contributed by atoms with Crippen LogP contribution in [-0.4, -0.2) is 16.6 Å². The molecule has 3 aromatic heterocycles. The number of rotatable bonds is 10. The van der Waals surface area contributed by atoms with Crippen LogP contribution >= 0.6 is 7.53 Å². The number of benzene rings is 8. The average Bonchev–Trinajstić information content (AvgIpc) is 3.85. The fourth-order valence-corrected chi connectivity index (χ4v) is 12.0. The molecule has 6 heteroatoms. The van der Waals surface area contributed by atoms with Gasteiger partial charge in [0.25, 0.3) is 0 Å². The molecule has 0 bridgehead atoms. The molecule has 0 amide bonds. The molecular weight excluding hydrogens is 800 g/mol. The molecule has 11 aromatic rings. The maximum atomic E-state index is 6.94. The Morgan fingerprint density at radius 3 is 1.92 bits per heavy atom. The predicted molar refractivity (Wildman–Crippen MR) is 272 cm³/mol. The molecule has 0 aliphatic carbocycles. The molecule has 0 spiro atoms. The predicted octanol–water partition coefficient (Wildman–Crippen LogP) is 16.7. The first-order chi connectivity index (χ1) is 31.3. The van der Waals surface area contributed by atoms with Crippen molar-refractivity contribution in [3.63, 3.8) is 0 Å². The van der Waals surface area contributed by atoms with E-state index >= 15 is 0 Å². The van der Waals surface area contributed by atoms with E-state index in [1.165, 1.54) is 59.6 Å². The monoisotopic (exact) mass is 846 g/mol. The molecule has 11 rings (SSSR count). The van der Waals surface area contributed by atoms with E-state index in [1.54, 1.807) is 0 Å². The average molecular weight is 847 g/mol. The highest BCUT2D eigenvalue weighted by atomic mass is 31.1. The summed E-state index contributed by atoms with van der Waals surface area (Å²) in [6.45, 7) is 6.76. The van der Waals surface area contributed by atoms with Gasteiger partial charge in [-0.05, 0) is 82.0 Å². The Kier molecular flexibility index (Phi) is 9.79. The number of nitrogens with zero attached hydrogens (tertiary/aromatic N) is 3.